The van der Waals surface area contributed by atoms with E-state index in [0.717, 1.165) is 0 Å². The molecular weight excluding hydrogens is 296 g/mol. The lowest BCUT2D eigenvalue weighted by Crippen LogP contribution is -1.92. The van der Waals surface area contributed by atoms with Crippen molar-refractivity contribution in [2.24, 2.45) is 0 Å². The highest BCUT2D eigenvalue weighted by molar-refractivity contribution is 7.81. The Morgan fingerprint density at radius 3 is 1.37 bits per heavy atom. The van der Waals surface area contributed by atoms with Gasteiger partial charge in [0.05, 0.1) is 31.3 Å². The zero-order valence-corrected chi connectivity index (χ0v) is 12.5. The number of aliphatic hydroxyl groups is 2. The molecule has 4 N–H and O–H groups in total. The SMILES string of the molecule is C=CCOC.O=C(O)CS.O=C(O)CS.OCCO. The topological polar surface area (TPSA) is 124 Å². The van der Waals surface area contributed by atoms with Crippen molar-refractivity contribution in [1.29, 1.82) is 0 Å². The van der Waals surface area contributed by atoms with E-state index in [4.69, 9.17) is 20.4 Å². The lowest BCUT2D eigenvalue weighted by molar-refractivity contribution is -0.134. The van der Waals surface area contributed by atoms with Crippen molar-refractivity contribution >= 4 is 37.2 Å². The summed E-state index contributed by atoms with van der Waals surface area (Å²) in [5.74, 6) is -1.93. The molecule has 0 saturated carbocycles. The third-order valence-electron chi connectivity index (χ3n) is 0.655. The van der Waals surface area contributed by atoms with Gasteiger partial charge >= 0.3 is 11.9 Å². The Balaban J connectivity index is -0.0000000793. The van der Waals surface area contributed by atoms with Gasteiger partial charge in [-0.1, -0.05) is 6.08 Å². The van der Waals surface area contributed by atoms with E-state index >= 15 is 0 Å². The molecule has 0 fully saturated rings. The fraction of sp³-hybridized carbons (Fsp3) is 0.600. The van der Waals surface area contributed by atoms with Crippen LogP contribution in [0.25, 0.3) is 0 Å². The second-order valence-corrected chi connectivity index (χ2v) is 2.93. The van der Waals surface area contributed by atoms with E-state index in [2.05, 4.69) is 36.6 Å². The van der Waals surface area contributed by atoms with Crippen LogP contribution in [-0.2, 0) is 14.3 Å². The molecule has 0 amide bonds. The Hall–Kier alpha value is -0.740. The number of carboxylic acids is 2. The molecule has 0 aliphatic heterocycles. The molecule has 0 aliphatic rings. The number of carboxylic acid groups (broad SMARTS) is 2. The van der Waals surface area contributed by atoms with Crippen LogP contribution in [0.2, 0.25) is 0 Å². The van der Waals surface area contributed by atoms with Crippen molar-refractivity contribution in [3.8, 4) is 0 Å². The highest BCUT2D eigenvalue weighted by atomic mass is 32.1. The van der Waals surface area contributed by atoms with E-state index in [9.17, 15) is 9.59 Å². The number of thiol groups is 2. The normalized spacial score (nSPS) is 7.42. The highest BCUT2D eigenvalue weighted by Gasteiger charge is 1.82. The molecule has 0 aromatic heterocycles. The molecule has 0 aliphatic carbocycles. The van der Waals surface area contributed by atoms with E-state index in [1.807, 2.05) is 0 Å². The molecule has 9 heteroatoms. The zero-order chi connectivity index (χ0) is 16.1. The maximum Gasteiger partial charge on any atom is 0.313 e. The Labute approximate surface area is 123 Å². The molecule has 0 atom stereocenters. The van der Waals surface area contributed by atoms with Crippen molar-refractivity contribution in [2.45, 2.75) is 0 Å². The molecular formula is C10H22O7S2. The summed E-state index contributed by atoms with van der Waals surface area (Å²) >= 11 is 6.83. The molecule has 0 spiro atoms. The van der Waals surface area contributed by atoms with E-state index in [-0.39, 0.29) is 24.7 Å². The largest absolute Gasteiger partial charge is 0.481 e. The summed E-state index contributed by atoms with van der Waals surface area (Å²) in [6, 6.07) is 0. The maximum atomic E-state index is 9.29. The Kier molecular flexibility index (Phi) is 42.7. The van der Waals surface area contributed by atoms with Gasteiger partial charge in [0.15, 0.2) is 0 Å². The van der Waals surface area contributed by atoms with Crippen LogP contribution < -0.4 is 0 Å². The number of carbonyl (C=O) groups is 2. The molecule has 116 valence electrons. The summed E-state index contributed by atoms with van der Waals surface area (Å²) in [6.45, 7) is 3.83. The van der Waals surface area contributed by atoms with E-state index in [0.29, 0.717) is 6.61 Å². The maximum absolute atomic E-state index is 9.29. The summed E-state index contributed by atoms with van der Waals surface area (Å²) in [5, 5.41) is 30.5. The summed E-state index contributed by atoms with van der Waals surface area (Å²) in [5.41, 5.74) is 0. The first kappa shape index (κ1) is 26.8. The van der Waals surface area contributed by atoms with Crippen LogP contribution in [0.3, 0.4) is 0 Å². The highest BCUT2D eigenvalue weighted by Crippen LogP contribution is 1.67. The third-order valence-corrected chi connectivity index (χ3v) is 1.20. The van der Waals surface area contributed by atoms with Gasteiger partial charge in [-0.2, -0.15) is 25.3 Å². The lowest BCUT2D eigenvalue weighted by Gasteiger charge is -1.79. The van der Waals surface area contributed by atoms with Gasteiger partial charge in [-0.3, -0.25) is 9.59 Å². The number of aliphatic carboxylic acids is 2. The minimum absolute atomic E-state index is 0.0833. The molecule has 0 bridgehead atoms. The Morgan fingerprint density at radius 1 is 1.11 bits per heavy atom. The predicted molar refractivity (Wildman–Crippen MR) is 79.2 cm³/mol. The van der Waals surface area contributed by atoms with Crippen LogP contribution in [-0.4, -0.2) is 70.8 Å². The lowest BCUT2D eigenvalue weighted by atomic mass is 10.7. The first-order chi connectivity index (χ1) is 8.87. The number of rotatable bonds is 5. The fourth-order valence-corrected chi connectivity index (χ4v) is 0.118. The number of ether oxygens (including phenoxy) is 1. The summed E-state index contributed by atoms with van der Waals surface area (Å²) in [7, 11) is 1.64. The Bertz CT molecular complexity index is 184. The van der Waals surface area contributed by atoms with Crippen molar-refractivity contribution in [2.75, 3.05) is 38.4 Å². The van der Waals surface area contributed by atoms with Gasteiger partial charge < -0.3 is 25.2 Å². The van der Waals surface area contributed by atoms with Crippen LogP contribution >= 0.6 is 25.3 Å². The van der Waals surface area contributed by atoms with Crippen molar-refractivity contribution < 1.29 is 34.8 Å². The molecule has 0 unspecified atom stereocenters. The smallest absolute Gasteiger partial charge is 0.313 e. The first-order valence-electron chi connectivity index (χ1n) is 4.84. The monoisotopic (exact) mass is 318 g/mol. The minimum Gasteiger partial charge on any atom is -0.481 e. The average Bonchev–Trinajstić information content (AvgIpc) is 2.41. The average molecular weight is 318 g/mol. The minimum atomic E-state index is -0.881. The van der Waals surface area contributed by atoms with Crippen LogP contribution in [0.4, 0.5) is 0 Å². The molecule has 0 aromatic rings. The molecule has 19 heavy (non-hydrogen) atoms. The van der Waals surface area contributed by atoms with Crippen LogP contribution in [0, 0.1) is 0 Å². The molecule has 0 heterocycles. The fourth-order valence-electron chi connectivity index (χ4n) is 0.118. The van der Waals surface area contributed by atoms with Gasteiger partial charge in [-0.15, -0.1) is 6.58 Å². The van der Waals surface area contributed by atoms with Crippen molar-refractivity contribution in [3.63, 3.8) is 0 Å². The number of hydrogen-bond acceptors (Lipinski definition) is 7. The van der Waals surface area contributed by atoms with Gasteiger partial charge in [-0.05, 0) is 0 Å². The second kappa shape index (κ2) is 30.4. The first-order valence-corrected chi connectivity index (χ1v) is 6.11. The van der Waals surface area contributed by atoms with Crippen LogP contribution in [0.5, 0.6) is 0 Å². The van der Waals surface area contributed by atoms with Crippen LogP contribution in [0.1, 0.15) is 0 Å². The summed E-state index contributed by atoms with van der Waals surface area (Å²) < 4.78 is 4.57. The van der Waals surface area contributed by atoms with Crippen LogP contribution in [0.15, 0.2) is 12.7 Å². The van der Waals surface area contributed by atoms with Gasteiger partial charge in [-0.25, -0.2) is 0 Å². The molecule has 0 radical (unpaired) electrons. The van der Waals surface area contributed by atoms with Gasteiger partial charge in [0, 0.05) is 7.11 Å². The summed E-state index contributed by atoms with van der Waals surface area (Å²) in [4.78, 5) is 18.6. The van der Waals surface area contributed by atoms with Crippen molar-refractivity contribution in [3.05, 3.63) is 12.7 Å². The number of methoxy groups -OCH3 is 1. The quantitative estimate of drug-likeness (QED) is 0.306. The molecule has 0 rings (SSSR count). The van der Waals surface area contributed by atoms with Gasteiger partial charge in [0.25, 0.3) is 0 Å². The van der Waals surface area contributed by atoms with E-state index in [1.54, 1.807) is 13.2 Å². The molecule has 0 aromatic carbocycles. The second-order valence-electron chi connectivity index (χ2n) is 2.29. The standard InChI is InChI=1S/C4H8O.2C2H4O2S.C2H6O2/c1-3-4-5-2;2*3-2(4)1-5;3-1-2-4/h3H,1,4H2,2H3;2*5H,1H2,(H,3,4);3-4H,1-2H2. The zero-order valence-electron chi connectivity index (χ0n) is 10.7. The molecule has 0 saturated heterocycles. The number of hydrogen-bond donors (Lipinski definition) is 6. The van der Waals surface area contributed by atoms with Gasteiger partial charge in [0.1, 0.15) is 0 Å². The predicted octanol–water partition coefficient (Wildman–Crippen LogP) is -0.209. The third kappa shape index (κ3) is 103. The number of aliphatic hydroxyl groups excluding tert-OH is 2. The Morgan fingerprint density at radius 2 is 1.37 bits per heavy atom. The van der Waals surface area contributed by atoms with E-state index in [1.165, 1.54) is 0 Å². The van der Waals surface area contributed by atoms with E-state index < -0.39 is 11.9 Å². The summed E-state index contributed by atoms with van der Waals surface area (Å²) in [6.07, 6.45) is 1.71. The molecule has 7 nitrogen and oxygen atoms in total. The van der Waals surface area contributed by atoms with Crippen molar-refractivity contribution in [1.82, 2.24) is 0 Å². The van der Waals surface area contributed by atoms with Gasteiger partial charge in [0.2, 0.25) is 0 Å².